The van der Waals surface area contributed by atoms with Crippen molar-refractivity contribution in [3.8, 4) is 0 Å². The lowest BCUT2D eigenvalue weighted by Crippen LogP contribution is -2.55. The molecule has 1 aliphatic carbocycles. The molecule has 4 rings (SSSR count). The zero-order valence-corrected chi connectivity index (χ0v) is 27.1. The van der Waals surface area contributed by atoms with Gasteiger partial charge in [0, 0.05) is 51.3 Å². The van der Waals surface area contributed by atoms with Crippen molar-refractivity contribution in [3.05, 3.63) is 47.9 Å². The zero-order valence-electron chi connectivity index (χ0n) is 27.1. The highest BCUT2D eigenvalue weighted by Gasteiger charge is 2.36. The molecule has 1 aromatic carbocycles. The van der Waals surface area contributed by atoms with Crippen molar-refractivity contribution in [2.24, 2.45) is 11.8 Å². The molecule has 246 valence electrons. The fraction of sp³-hybridized carbons (Fsp3) is 0.588. The van der Waals surface area contributed by atoms with E-state index in [2.05, 4.69) is 20.9 Å². The molecule has 0 spiro atoms. The Kier molecular flexibility index (Phi) is 12.2. The molecule has 2 aliphatic rings. The predicted molar refractivity (Wildman–Crippen MR) is 173 cm³/mol. The molecular weight excluding hydrogens is 575 g/mol. The molecule has 10 nitrogen and oxygen atoms in total. The summed E-state index contributed by atoms with van der Waals surface area (Å²) < 4.78 is 17.5. The first-order valence-corrected chi connectivity index (χ1v) is 16.5. The third-order valence-electron chi connectivity index (χ3n) is 9.35. The topological polar surface area (TPSA) is 116 Å². The molecule has 1 saturated carbocycles. The van der Waals surface area contributed by atoms with Crippen LogP contribution in [0, 0.1) is 17.7 Å². The van der Waals surface area contributed by atoms with Crippen LogP contribution in [0.15, 0.2) is 36.5 Å². The number of halogens is 1. The molecule has 3 atom stereocenters. The van der Waals surface area contributed by atoms with Crippen LogP contribution in [0.25, 0.3) is 0 Å². The summed E-state index contributed by atoms with van der Waals surface area (Å²) in [6.45, 7) is 8.74. The Morgan fingerprint density at radius 3 is 2.22 bits per heavy atom. The smallest absolute Gasteiger partial charge is 0.245 e. The van der Waals surface area contributed by atoms with Crippen LogP contribution < -0.4 is 16.0 Å². The Balaban J connectivity index is 1.53. The maximum Gasteiger partial charge on any atom is 0.245 e. The van der Waals surface area contributed by atoms with E-state index in [9.17, 15) is 19.2 Å². The highest BCUT2D eigenvalue weighted by Crippen LogP contribution is 2.32. The molecule has 45 heavy (non-hydrogen) atoms. The van der Waals surface area contributed by atoms with Gasteiger partial charge in [-0.3, -0.25) is 19.2 Å². The van der Waals surface area contributed by atoms with Crippen molar-refractivity contribution >= 4 is 35.1 Å². The highest BCUT2D eigenvalue weighted by atomic mass is 19.1. The van der Waals surface area contributed by atoms with E-state index >= 15 is 4.39 Å². The van der Waals surface area contributed by atoms with Crippen molar-refractivity contribution in [2.75, 3.05) is 43.9 Å². The number of nitrogens with one attached hydrogen (secondary N) is 3. The highest BCUT2D eigenvalue weighted by molar-refractivity contribution is 6.11. The Bertz CT molecular complexity index is 1330. The lowest BCUT2D eigenvalue weighted by Gasteiger charge is -2.36. The molecule has 1 aliphatic heterocycles. The van der Waals surface area contributed by atoms with E-state index in [1.807, 2.05) is 30.8 Å². The van der Waals surface area contributed by atoms with Crippen LogP contribution >= 0.6 is 0 Å². The molecule has 2 aromatic rings. The average Bonchev–Trinajstić information content (AvgIpc) is 3.31. The van der Waals surface area contributed by atoms with Crippen LogP contribution in [0.2, 0.25) is 0 Å². The second-order valence-electron chi connectivity index (χ2n) is 12.4. The first-order chi connectivity index (χ1) is 21.6. The summed E-state index contributed by atoms with van der Waals surface area (Å²) in [7, 11) is 2.00. The normalized spacial score (nSPS) is 18.4. The van der Waals surface area contributed by atoms with Crippen LogP contribution in [0.3, 0.4) is 0 Å². The average molecular weight is 625 g/mol. The van der Waals surface area contributed by atoms with Gasteiger partial charge < -0.3 is 30.3 Å². The van der Waals surface area contributed by atoms with Crippen LogP contribution in [0.1, 0.15) is 77.2 Å². The fourth-order valence-corrected chi connectivity index (χ4v) is 6.42. The molecule has 1 saturated heterocycles. The van der Waals surface area contributed by atoms with Gasteiger partial charge in [-0.25, -0.2) is 4.39 Å². The zero-order chi connectivity index (χ0) is 32.5. The second-order valence-corrected chi connectivity index (χ2v) is 12.4. The van der Waals surface area contributed by atoms with Gasteiger partial charge in [-0.05, 0) is 62.6 Å². The number of hydrogen-bond acceptors (Lipinski definition) is 5. The SMILES string of the molecule is CCC(=O)N[C@@H](C(=O)N1CCN(C)CC1)[C@@H](C)c1ccc(NC(=O)[C@@H](C(=O)Nc2cccn2CC)C2CCCCCC2)c(F)c1. The molecule has 0 unspecified atom stereocenters. The first kappa shape index (κ1) is 34.1. The molecular formula is C34H49FN6O4. The standard InChI is InChI=1S/C34H49FN6O4/c1-5-29(42)38-31(34(45)41-20-18-39(4)19-21-41)23(3)25-15-16-27(26(35)22-25)36-32(43)30(24-12-9-7-8-10-13-24)33(44)37-28-14-11-17-40(28)6-2/h11,14-17,22-24,30-31H,5-10,12-13,18-21H2,1-4H3,(H,36,43)(H,37,44)(H,38,42)/t23-,30-,31+/m0/s1. The Morgan fingerprint density at radius 2 is 1.60 bits per heavy atom. The summed E-state index contributed by atoms with van der Waals surface area (Å²) in [5.74, 6) is -3.07. The van der Waals surface area contributed by atoms with Crippen molar-refractivity contribution < 1.29 is 23.6 Å². The van der Waals surface area contributed by atoms with Crippen molar-refractivity contribution in [2.45, 2.75) is 84.2 Å². The summed E-state index contributed by atoms with van der Waals surface area (Å²) >= 11 is 0. The monoisotopic (exact) mass is 624 g/mol. The van der Waals surface area contributed by atoms with Gasteiger partial charge in [-0.15, -0.1) is 0 Å². The van der Waals surface area contributed by atoms with Gasteiger partial charge in [0.15, 0.2) is 0 Å². The Hall–Kier alpha value is -3.73. The van der Waals surface area contributed by atoms with Crippen LogP contribution in [-0.2, 0) is 25.7 Å². The fourth-order valence-electron chi connectivity index (χ4n) is 6.42. The molecule has 11 heteroatoms. The van der Waals surface area contributed by atoms with Crippen molar-refractivity contribution in [1.29, 1.82) is 0 Å². The number of aromatic nitrogens is 1. The number of benzene rings is 1. The number of rotatable bonds is 11. The van der Waals surface area contributed by atoms with Gasteiger partial charge in [0.1, 0.15) is 23.6 Å². The first-order valence-electron chi connectivity index (χ1n) is 16.5. The molecule has 1 aromatic heterocycles. The maximum atomic E-state index is 15.6. The number of anilines is 2. The largest absolute Gasteiger partial charge is 0.344 e. The molecule has 0 bridgehead atoms. The van der Waals surface area contributed by atoms with E-state index in [-0.39, 0.29) is 29.8 Å². The van der Waals surface area contributed by atoms with Gasteiger partial charge in [-0.2, -0.15) is 0 Å². The number of aryl methyl sites for hydroxylation is 1. The molecule has 2 heterocycles. The summed E-state index contributed by atoms with van der Waals surface area (Å²) in [4.78, 5) is 57.1. The number of piperazine rings is 1. The van der Waals surface area contributed by atoms with E-state index < -0.39 is 35.5 Å². The summed E-state index contributed by atoms with van der Waals surface area (Å²) in [6, 6.07) is 7.23. The Morgan fingerprint density at radius 1 is 0.933 bits per heavy atom. The lowest BCUT2D eigenvalue weighted by molar-refractivity contribution is -0.138. The lowest BCUT2D eigenvalue weighted by atomic mass is 9.84. The van der Waals surface area contributed by atoms with E-state index in [4.69, 9.17) is 0 Å². The van der Waals surface area contributed by atoms with Crippen molar-refractivity contribution in [3.63, 3.8) is 0 Å². The van der Waals surface area contributed by atoms with Gasteiger partial charge in [0.2, 0.25) is 23.6 Å². The van der Waals surface area contributed by atoms with Crippen LogP contribution in [-0.4, -0.2) is 77.3 Å². The van der Waals surface area contributed by atoms with Gasteiger partial charge in [-0.1, -0.05) is 45.6 Å². The third-order valence-corrected chi connectivity index (χ3v) is 9.35. The number of amides is 4. The maximum absolute atomic E-state index is 15.6. The number of carbonyl (C=O) groups excluding carboxylic acids is 4. The number of hydrogen-bond donors (Lipinski definition) is 3. The third kappa shape index (κ3) is 8.71. The van der Waals surface area contributed by atoms with Crippen molar-refractivity contribution in [1.82, 2.24) is 19.7 Å². The Labute approximate surface area is 266 Å². The summed E-state index contributed by atoms with van der Waals surface area (Å²) in [5.41, 5.74) is 0.492. The minimum absolute atomic E-state index is 0.0288. The predicted octanol–water partition coefficient (Wildman–Crippen LogP) is 4.58. The number of nitrogens with zero attached hydrogens (tertiary/aromatic N) is 3. The molecule has 4 amide bonds. The van der Waals surface area contributed by atoms with Crippen LogP contribution in [0.5, 0.6) is 0 Å². The molecule has 0 radical (unpaired) electrons. The summed E-state index contributed by atoms with van der Waals surface area (Å²) in [6.07, 6.45) is 7.61. The van der Waals surface area contributed by atoms with Gasteiger partial charge >= 0.3 is 0 Å². The number of carbonyl (C=O) groups is 4. The van der Waals surface area contributed by atoms with Gasteiger partial charge in [0.25, 0.3) is 0 Å². The quantitative estimate of drug-likeness (QED) is 0.250. The van der Waals surface area contributed by atoms with Crippen LogP contribution in [0.4, 0.5) is 15.9 Å². The molecule has 3 N–H and O–H groups in total. The van der Waals surface area contributed by atoms with E-state index in [1.54, 1.807) is 30.9 Å². The van der Waals surface area contributed by atoms with Gasteiger partial charge in [0.05, 0.1) is 5.69 Å². The number of likely N-dealkylation sites (N-methyl/N-ethyl adjacent to an activating group) is 1. The van der Waals surface area contributed by atoms with E-state index in [1.165, 1.54) is 12.1 Å². The van der Waals surface area contributed by atoms with E-state index in [0.717, 1.165) is 51.6 Å². The second kappa shape index (κ2) is 16.0. The molecule has 2 fully saturated rings. The summed E-state index contributed by atoms with van der Waals surface area (Å²) in [5, 5.41) is 8.49. The van der Waals surface area contributed by atoms with E-state index in [0.29, 0.717) is 31.0 Å². The minimum atomic E-state index is -0.976. The minimum Gasteiger partial charge on any atom is -0.344 e.